The van der Waals surface area contributed by atoms with E-state index in [9.17, 15) is 39.2 Å². The Balaban J connectivity index is 1.33. The third kappa shape index (κ3) is 6.71. The van der Waals surface area contributed by atoms with E-state index in [4.69, 9.17) is 4.74 Å². The number of nitrogens with zero attached hydrogens (tertiary/aromatic N) is 4. The number of likely N-dealkylation sites (tertiary alicyclic amines) is 1. The molecule has 3 aromatic carbocycles. The quantitative estimate of drug-likeness (QED) is 0.137. The summed E-state index contributed by atoms with van der Waals surface area (Å²) in [6.45, 7) is 0.959. The molecule has 3 heterocycles. The molecule has 0 saturated carbocycles. The molecule has 2 aliphatic rings. The largest absolute Gasteiger partial charge is 0.573 e. The van der Waals surface area contributed by atoms with E-state index >= 15 is 0 Å². The Bertz CT molecular complexity index is 1970. The topological polar surface area (TPSA) is 96.9 Å². The van der Waals surface area contributed by atoms with E-state index < -0.39 is 56.8 Å². The average molecular weight is 700 g/mol. The van der Waals surface area contributed by atoms with Crippen LogP contribution < -0.4 is 19.1 Å². The van der Waals surface area contributed by atoms with Gasteiger partial charge in [0, 0.05) is 30.1 Å². The first-order chi connectivity index (χ1) is 22.7. The van der Waals surface area contributed by atoms with Gasteiger partial charge in [-0.3, -0.25) is 0 Å². The second-order valence-electron chi connectivity index (χ2n) is 11.4. The molecular formula is C31H28F7N5O4S. The van der Waals surface area contributed by atoms with Crippen LogP contribution in [0.4, 0.5) is 36.4 Å². The van der Waals surface area contributed by atoms with Crippen LogP contribution in [0.5, 0.6) is 11.6 Å². The maximum absolute atomic E-state index is 14.7. The lowest BCUT2D eigenvalue weighted by molar-refractivity contribution is -0.276. The van der Waals surface area contributed by atoms with E-state index in [-0.39, 0.29) is 24.2 Å². The maximum Gasteiger partial charge on any atom is 0.573 e. The fourth-order valence-electron chi connectivity index (χ4n) is 5.91. The van der Waals surface area contributed by atoms with Crippen LogP contribution in [-0.4, -0.2) is 62.4 Å². The number of aromatic nitrogens is 2. The van der Waals surface area contributed by atoms with Gasteiger partial charge in [0.2, 0.25) is 27.5 Å². The van der Waals surface area contributed by atoms with Crippen LogP contribution in [0.1, 0.15) is 29.9 Å². The van der Waals surface area contributed by atoms with E-state index in [1.54, 1.807) is 4.72 Å². The molecule has 1 aromatic heterocycles. The van der Waals surface area contributed by atoms with E-state index in [1.165, 1.54) is 0 Å². The number of rotatable bonds is 9. The van der Waals surface area contributed by atoms with E-state index in [0.29, 0.717) is 30.9 Å². The summed E-state index contributed by atoms with van der Waals surface area (Å²) in [6, 6.07) is 13.8. The van der Waals surface area contributed by atoms with Crippen molar-refractivity contribution < 1.29 is 48.6 Å². The van der Waals surface area contributed by atoms with Crippen molar-refractivity contribution in [2.75, 3.05) is 31.6 Å². The minimum Gasteiger partial charge on any atom is -0.475 e. The standard InChI is InChI=1S/C31H28F7N5O4S/c1-42-12-5-8-18(42)16-46-30-21(14-39-48(44,45)29-27(35)25(33)24(32)26(34)28(29)47-31(36,37)38)40-20-11-13-43(15-22(20)41-30)23-10-4-7-17-6-2-3-9-19(17)23/h2-4,6-7,9-10,18,39H,5,8,11-16H2,1H3/t18-/m1/s1. The number of hydrogen-bond donors (Lipinski definition) is 1. The molecule has 0 radical (unpaired) electrons. The van der Waals surface area contributed by atoms with Gasteiger partial charge in [0.05, 0.1) is 24.5 Å². The number of alkyl halides is 3. The molecule has 1 saturated heterocycles. The molecule has 0 unspecified atom stereocenters. The molecule has 6 rings (SSSR count). The molecule has 1 fully saturated rings. The summed E-state index contributed by atoms with van der Waals surface area (Å²) in [7, 11) is -3.62. The highest BCUT2D eigenvalue weighted by Gasteiger charge is 2.41. The van der Waals surface area contributed by atoms with Crippen LogP contribution in [0, 0.1) is 23.3 Å². The third-order valence-corrected chi connectivity index (χ3v) is 9.76. The number of likely N-dealkylation sites (N-methyl/N-ethyl adjacent to an activating group) is 1. The Hall–Kier alpha value is -4.22. The van der Waals surface area contributed by atoms with Crippen LogP contribution in [0.25, 0.3) is 10.8 Å². The van der Waals surface area contributed by atoms with Gasteiger partial charge in [0.15, 0.2) is 22.3 Å². The van der Waals surface area contributed by atoms with Crippen LogP contribution in [0.2, 0.25) is 0 Å². The first-order valence-electron chi connectivity index (χ1n) is 14.8. The smallest absolute Gasteiger partial charge is 0.475 e. The minimum absolute atomic E-state index is 0.000827. The Morgan fingerprint density at radius 1 is 0.938 bits per heavy atom. The first kappa shape index (κ1) is 33.7. The maximum atomic E-state index is 14.7. The van der Waals surface area contributed by atoms with Crippen molar-refractivity contribution in [2.24, 2.45) is 0 Å². The molecular weight excluding hydrogens is 671 g/mol. The normalized spacial score (nSPS) is 17.2. The van der Waals surface area contributed by atoms with E-state index in [0.717, 1.165) is 35.8 Å². The van der Waals surface area contributed by atoms with Gasteiger partial charge in [-0.05, 0) is 37.9 Å². The summed E-state index contributed by atoms with van der Waals surface area (Å²) in [5, 5.41) is 2.07. The Labute approximate surface area is 270 Å². The Kier molecular flexibility index (Phi) is 9.12. The molecule has 1 N–H and O–H groups in total. The second kappa shape index (κ2) is 13.0. The number of halogens is 7. The van der Waals surface area contributed by atoms with Gasteiger partial charge in [0.25, 0.3) is 0 Å². The molecule has 2 aliphatic heterocycles. The van der Waals surface area contributed by atoms with Crippen molar-refractivity contribution in [1.29, 1.82) is 0 Å². The fraction of sp³-hybridized carbons (Fsp3) is 0.355. The predicted molar refractivity (Wildman–Crippen MR) is 159 cm³/mol. The Morgan fingerprint density at radius 3 is 2.40 bits per heavy atom. The molecule has 1 atom stereocenters. The number of sulfonamides is 1. The second-order valence-corrected chi connectivity index (χ2v) is 13.1. The molecule has 0 aliphatic carbocycles. The van der Waals surface area contributed by atoms with Crippen LogP contribution in [0.15, 0.2) is 47.4 Å². The van der Waals surface area contributed by atoms with Gasteiger partial charge < -0.3 is 19.3 Å². The van der Waals surface area contributed by atoms with Crippen LogP contribution in [-0.2, 0) is 29.5 Å². The van der Waals surface area contributed by atoms with Crippen molar-refractivity contribution in [3.05, 3.63) is 82.8 Å². The lowest BCUT2D eigenvalue weighted by atomic mass is 10.0. The monoisotopic (exact) mass is 699 g/mol. The van der Waals surface area contributed by atoms with E-state index in [2.05, 4.69) is 24.5 Å². The van der Waals surface area contributed by atoms with Crippen molar-refractivity contribution >= 4 is 26.5 Å². The first-order valence-corrected chi connectivity index (χ1v) is 16.3. The van der Waals surface area contributed by atoms with Gasteiger partial charge in [-0.1, -0.05) is 36.4 Å². The zero-order valence-electron chi connectivity index (χ0n) is 25.3. The number of hydrogen-bond acceptors (Lipinski definition) is 8. The molecule has 48 heavy (non-hydrogen) atoms. The summed E-state index contributed by atoms with van der Waals surface area (Å²) < 4.78 is 133. The van der Waals surface area contributed by atoms with Gasteiger partial charge >= 0.3 is 6.36 Å². The van der Waals surface area contributed by atoms with Gasteiger partial charge in [0.1, 0.15) is 12.3 Å². The summed E-state index contributed by atoms with van der Waals surface area (Å²) in [5.41, 5.74) is 1.87. The summed E-state index contributed by atoms with van der Waals surface area (Å²) in [5.74, 6) is -13.1. The lowest BCUT2D eigenvalue weighted by Crippen LogP contribution is -2.34. The number of anilines is 1. The molecule has 256 valence electrons. The van der Waals surface area contributed by atoms with Crippen molar-refractivity contribution in [1.82, 2.24) is 19.6 Å². The average Bonchev–Trinajstić information content (AvgIpc) is 3.47. The van der Waals surface area contributed by atoms with Gasteiger partial charge in [-0.2, -0.15) is 4.39 Å². The molecule has 0 spiro atoms. The molecule has 9 nitrogen and oxygen atoms in total. The number of benzene rings is 3. The lowest BCUT2D eigenvalue weighted by Gasteiger charge is -2.31. The molecule has 0 amide bonds. The Morgan fingerprint density at radius 2 is 1.67 bits per heavy atom. The summed E-state index contributed by atoms with van der Waals surface area (Å²) in [6.07, 6.45) is -3.68. The summed E-state index contributed by atoms with van der Waals surface area (Å²) in [4.78, 5) is 11.2. The highest BCUT2D eigenvalue weighted by atomic mass is 32.2. The van der Waals surface area contributed by atoms with Crippen LogP contribution >= 0.6 is 0 Å². The highest BCUT2D eigenvalue weighted by molar-refractivity contribution is 7.89. The molecule has 17 heteroatoms. The highest BCUT2D eigenvalue weighted by Crippen LogP contribution is 2.38. The molecule has 4 aromatic rings. The third-order valence-electron chi connectivity index (χ3n) is 8.34. The number of fused-ring (bicyclic) bond motifs is 2. The fourth-order valence-corrected chi connectivity index (χ4v) is 7.09. The number of ether oxygens (including phenoxy) is 2. The van der Waals surface area contributed by atoms with Crippen molar-refractivity contribution in [3.8, 4) is 11.6 Å². The van der Waals surface area contributed by atoms with E-state index in [1.807, 2.05) is 49.5 Å². The SMILES string of the molecule is CN1CCC[C@@H]1COc1nc2c(nc1CNS(=O)(=O)c1c(F)c(F)c(F)c(F)c1OC(F)(F)F)CCN(c1cccc3ccccc13)C2. The van der Waals surface area contributed by atoms with Crippen LogP contribution in [0.3, 0.4) is 0 Å². The van der Waals surface area contributed by atoms with Crippen molar-refractivity contribution in [2.45, 2.75) is 49.7 Å². The zero-order valence-corrected chi connectivity index (χ0v) is 26.1. The summed E-state index contributed by atoms with van der Waals surface area (Å²) >= 11 is 0. The number of nitrogens with one attached hydrogen (secondary N) is 1. The van der Waals surface area contributed by atoms with Gasteiger partial charge in [-0.15, -0.1) is 13.2 Å². The van der Waals surface area contributed by atoms with Gasteiger partial charge in [-0.25, -0.2) is 36.3 Å². The zero-order chi connectivity index (χ0) is 34.4. The minimum atomic E-state index is -5.78. The molecule has 0 bridgehead atoms. The van der Waals surface area contributed by atoms with Crippen molar-refractivity contribution in [3.63, 3.8) is 0 Å². The predicted octanol–water partition coefficient (Wildman–Crippen LogP) is 5.60.